The van der Waals surface area contributed by atoms with Crippen LogP contribution in [0.1, 0.15) is 27.9 Å². The van der Waals surface area contributed by atoms with E-state index in [4.69, 9.17) is 4.74 Å². The Morgan fingerprint density at radius 3 is 2.65 bits per heavy atom. The third kappa shape index (κ3) is 6.05. The standard InChI is InChI=1S/C20H20FNO4/c1-25-19(23)17-13-15(10-11-18(17)21)7-5-6-12-22-20(24)26-14-16-8-3-2-4-9-16/h2-5,7-11,13H,6,12,14H2,1H3,(H,22,24). The van der Waals surface area contributed by atoms with Gasteiger partial charge in [-0.25, -0.2) is 14.0 Å². The Balaban J connectivity index is 1.74. The van der Waals surface area contributed by atoms with Gasteiger partial charge in [0.2, 0.25) is 0 Å². The number of hydrogen-bond acceptors (Lipinski definition) is 4. The Bertz CT molecular complexity index is 775. The van der Waals surface area contributed by atoms with Crippen LogP contribution in [0.2, 0.25) is 0 Å². The van der Waals surface area contributed by atoms with Gasteiger partial charge in [-0.3, -0.25) is 0 Å². The minimum atomic E-state index is -0.722. The third-order valence-electron chi connectivity index (χ3n) is 3.50. The highest BCUT2D eigenvalue weighted by atomic mass is 19.1. The maximum Gasteiger partial charge on any atom is 0.407 e. The topological polar surface area (TPSA) is 64.6 Å². The van der Waals surface area contributed by atoms with Crippen molar-refractivity contribution in [1.82, 2.24) is 5.32 Å². The zero-order valence-corrected chi connectivity index (χ0v) is 14.4. The molecule has 0 aliphatic heterocycles. The highest BCUT2D eigenvalue weighted by molar-refractivity contribution is 5.90. The molecule has 2 aromatic rings. The number of amides is 1. The lowest BCUT2D eigenvalue weighted by Gasteiger charge is -2.06. The molecule has 0 unspecified atom stereocenters. The molecule has 0 heterocycles. The fourth-order valence-corrected chi connectivity index (χ4v) is 2.16. The van der Waals surface area contributed by atoms with Gasteiger partial charge < -0.3 is 14.8 Å². The summed E-state index contributed by atoms with van der Waals surface area (Å²) >= 11 is 0. The van der Waals surface area contributed by atoms with Crippen LogP contribution in [0.15, 0.2) is 54.6 Å². The predicted octanol–water partition coefficient (Wildman–Crippen LogP) is 3.94. The molecule has 1 amide bonds. The molecule has 0 fully saturated rings. The van der Waals surface area contributed by atoms with Crippen molar-refractivity contribution in [2.75, 3.05) is 13.7 Å². The van der Waals surface area contributed by atoms with Gasteiger partial charge >= 0.3 is 12.1 Å². The molecular weight excluding hydrogens is 337 g/mol. The Hall–Kier alpha value is -3.15. The van der Waals surface area contributed by atoms with Crippen LogP contribution in [0.5, 0.6) is 0 Å². The molecule has 0 aliphatic carbocycles. The van der Waals surface area contributed by atoms with Gasteiger partial charge in [-0.15, -0.1) is 0 Å². The lowest BCUT2D eigenvalue weighted by atomic mass is 10.1. The molecule has 0 atom stereocenters. The fraction of sp³-hybridized carbons (Fsp3) is 0.200. The average molecular weight is 357 g/mol. The lowest BCUT2D eigenvalue weighted by Crippen LogP contribution is -2.24. The van der Waals surface area contributed by atoms with Crippen molar-refractivity contribution in [2.45, 2.75) is 13.0 Å². The van der Waals surface area contributed by atoms with Crippen molar-refractivity contribution in [3.8, 4) is 0 Å². The molecule has 0 aliphatic rings. The van der Waals surface area contributed by atoms with Crippen LogP contribution in [0.4, 0.5) is 9.18 Å². The molecule has 136 valence electrons. The molecule has 0 saturated carbocycles. The second-order valence-electron chi connectivity index (χ2n) is 5.41. The minimum Gasteiger partial charge on any atom is -0.465 e. The first kappa shape index (κ1) is 19.2. The number of rotatable bonds is 7. The first-order valence-corrected chi connectivity index (χ1v) is 8.09. The molecule has 0 spiro atoms. The number of nitrogens with one attached hydrogen (secondary N) is 1. The molecule has 1 N–H and O–H groups in total. The summed E-state index contributed by atoms with van der Waals surface area (Å²) < 4.78 is 23.2. The second kappa shape index (κ2) is 9.98. The normalized spacial score (nSPS) is 10.5. The Morgan fingerprint density at radius 2 is 1.92 bits per heavy atom. The molecule has 6 heteroatoms. The second-order valence-corrected chi connectivity index (χ2v) is 5.41. The van der Waals surface area contributed by atoms with E-state index in [-0.39, 0.29) is 12.2 Å². The molecule has 0 aromatic heterocycles. The van der Waals surface area contributed by atoms with Gasteiger partial charge in [-0.2, -0.15) is 0 Å². The number of carbonyl (C=O) groups excluding carboxylic acids is 2. The molecular formula is C20H20FNO4. The summed E-state index contributed by atoms with van der Waals surface area (Å²) in [5.41, 5.74) is 1.47. The van der Waals surface area contributed by atoms with E-state index in [1.165, 1.54) is 19.2 Å². The Morgan fingerprint density at radius 1 is 1.15 bits per heavy atom. The van der Waals surface area contributed by atoms with Gasteiger partial charge in [0, 0.05) is 6.54 Å². The minimum absolute atomic E-state index is 0.114. The quantitative estimate of drug-likeness (QED) is 0.602. The molecule has 0 bridgehead atoms. The monoisotopic (exact) mass is 357 g/mol. The summed E-state index contributed by atoms with van der Waals surface area (Å²) in [6.45, 7) is 0.615. The van der Waals surface area contributed by atoms with E-state index < -0.39 is 17.9 Å². The maximum atomic E-state index is 13.5. The van der Waals surface area contributed by atoms with Crippen LogP contribution in [0.3, 0.4) is 0 Å². The number of carbonyl (C=O) groups is 2. The van der Waals surface area contributed by atoms with Crippen molar-refractivity contribution in [2.24, 2.45) is 0 Å². The Labute approximate surface area is 151 Å². The highest BCUT2D eigenvalue weighted by Crippen LogP contribution is 2.13. The van der Waals surface area contributed by atoms with Gasteiger partial charge in [0.1, 0.15) is 12.4 Å². The SMILES string of the molecule is COC(=O)c1cc(C=CCCNC(=O)OCc2ccccc2)ccc1F. The molecule has 0 radical (unpaired) electrons. The third-order valence-corrected chi connectivity index (χ3v) is 3.50. The fourth-order valence-electron chi connectivity index (χ4n) is 2.16. The van der Waals surface area contributed by atoms with Crippen molar-refractivity contribution < 1.29 is 23.5 Å². The summed E-state index contributed by atoms with van der Waals surface area (Å²) in [4.78, 5) is 23.0. The van der Waals surface area contributed by atoms with Gasteiger partial charge in [-0.05, 0) is 29.7 Å². The first-order valence-electron chi connectivity index (χ1n) is 8.09. The molecule has 26 heavy (non-hydrogen) atoms. The summed E-state index contributed by atoms with van der Waals surface area (Å²) in [5, 5.41) is 2.64. The number of ether oxygens (including phenoxy) is 2. The van der Waals surface area contributed by atoms with E-state index in [0.29, 0.717) is 18.5 Å². The van der Waals surface area contributed by atoms with Crippen molar-refractivity contribution >= 4 is 18.1 Å². The number of benzene rings is 2. The van der Waals surface area contributed by atoms with Gasteiger partial charge in [0.15, 0.2) is 0 Å². The van der Waals surface area contributed by atoms with Crippen LogP contribution in [-0.4, -0.2) is 25.7 Å². The summed E-state index contributed by atoms with van der Waals surface area (Å²) in [6, 6.07) is 13.6. The number of halogens is 1. The number of hydrogen-bond donors (Lipinski definition) is 1. The smallest absolute Gasteiger partial charge is 0.407 e. The summed E-state index contributed by atoms with van der Waals surface area (Å²) in [6.07, 6.45) is 3.62. The van der Waals surface area contributed by atoms with Crippen LogP contribution >= 0.6 is 0 Å². The van der Waals surface area contributed by atoms with E-state index in [1.54, 1.807) is 12.1 Å². The molecule has 2 aromatic carbocycles. The van der Waals surface area contributed by atoms with E-state index in [2.05, 4.69) is 10.1 Å². The van der Waals surface area contributed by atoms with Gasteiger partial charge in [-0.1, -0.05) is 48.6 Å². The van der Waals surface area contributed by atoms with Crippen molar-refractivity contribution in [3.63, 3.8) is 0 Å². The number of alkyl carbamates (subject to hydrolysis) is 1. The zero-order valence-electron chi connectivity index (χ0n) is 14.4. The van der Waals surface area contributed by atoms with E-state index in [0.717, 1.165) is 5.56 Å². The van der Waals surface area contributed by atoms with Crippen LogP contribution < -0.4 is 5.32 Å². The zero-order chi connectivity index (χ0) is 18.8. The van der Waals surface area contributed by atoms with Gasteiger partial charge in [0.25, 0.3) is 0 Å². The highest BCUT2D eigenvalue weighted by Gasteiger charge is 2.11. The van der Waals surface area contributed by atoms with Crippen molar-refractivity contribution in [3.05, 3.63) is 77.1 Å². The van der Waals surface area contributed by atoms with E-state index in [1.807, 2.05) is 36.4 Å². The van der Waals surface area contributed by atoms with Crippen molar-refractivity contribution in [1.29, 1.82) is 0 Å². The Kier molecular flexibility index (Phi) is 7.36. The van der Waals surface area contributed by atoms with Gasteiger partial charge in [0.05, 0.1) is 12.7 Å². The number of methoxy groups -OCH3 is 1. The van der Waals surface area contributed by atoms with Crippen LogP contribution in [-0.2, 0) is 16.1 Å². The van der Waals surface area contributed by atoms with Crippen LogP contribution in [0, 0.1) is 5.82 Å². The summed E-state index contributed by atoms with van der Waals surface area (Å²) in [5.74, 6) is -1.35. The largest absolute Gasteiger partial charge is 0.465 e. The molecule has 5 nitrogen and oxygen atoms in total. The maximum absolute atomic E-state index is 13.5. The van der Waals surface area contributed by atoms with Crippen LogP contribution in [0.25, 0.3) is 6.08 Å². The predicted molar refractivity (Wildman–Crippen MR) is 96.0 cm³/mol. The average Bonchev–Trinajstić information content (AvgIpc) is 2.67. The molecule has 0 saturated heterocycles. The number of esters is 1. The van der Waals surface area contributed by atoms with E-state index in [9.17, 15) is 14.0 Å². The molecule has 2 rings (SSSR count). The van der Waals surface area contributed by atoms with E-state index >= 15 is 0 Å². The first-order chi connectivity index (χ1) is 12.6. The lowest BCUT2D eigenvalue weighted by molar-refractivity contribution is 0.0595. The summed E-state index contributed by atoms with van der Waals surface area (Å²) in [7, 11) is 1.20.